The molecule has 134 valence electrons. The lowest BCUT2D eigenvalue weighted by atomic mass is 9.83. The van der Waals surface area contributed by atoms with Crippen molar-refractivity contribution in [3.63, 3.8) is 0 Å². The zero-order valence-electron chi connectivity index (χ0n) is 13.7. The Balaban J connectivity index is 1.96. The summed E-state index contributed by atoms with van der Waals surface area (Å²) in [6.07, 6.45) is 0. The van der Waals surface area contributed by atoms with E-state index in [0.29, 0.717) is 26.9 Å². The van der Waals surface area contributed by atoms with Gasteiger partial charge < -0.3 is 15.6 Å². The standard InChI is InChI=1S/C19H12Cl2N4O2/c20-13-5-4-10(7-14(13)21)17-16-15(9-2-1-3-11(26)6-9)12(8-22)18(23)27-19(16)25-24-17/h1-7,15,26H,23H2,(H,24,25)/t15-/m0/s1. The van der Waals surface area contributed by atoms with E-state index in [-0.39, 0.29) is 23.1 Å². The smallest absolute Gasteiger partial charge is 0.244 e. The third-order valence-corrected chi connectivity index (χ3v) is 5.09. The number of hydrogen-bond acceptors (Lipinski definition) is 5. The van der Waals surface area contributed by atoms with Crippen LogP contribution in [0.2, 0.25) is 10.0 Å². The number of aromatic nitrogens is 2. The van der Waals surface area contributed by atoms with E-state index in [1.807, 2.05) is 0 Å². The maximum Gasteiger partial charge on any atom is 0.244 e. The van der Waals surface area contributed by atoms with Gasteiger partial charge in [0.15, 0.2) is 0 Å². The third-order valence-electron chi connectivity index (χ3n) is 4.35. The van der Waals surface area contributed by atoms with Gasteiger partial charge in [-0.25, -0.2) is 0 Å². The van der Waals surface area contributed by atoms with Crippen LogP contribution in [0.4, 0.5) is 0 Å². The second-order valence-electron chi connectivity index (χ2n) is 5.97. The molecule has 27 heavy (non-hydrogen) atoms. The number of phenols is 1. The van der Waals surface area contributed by atoms with E-state index in [9.17, 15) is 10.4 Å². The van der Waals surface area contributed by atoms with Crippen LogP contribution in [0, 0.1) is 11.3 Å². The number of nitriles is 1. The molecule has 1 aromatic heterocycles. The van der Waals surface area contributed by atoms with Gasteiger partial charge >= 0.3 is 0 Å². The highest BCUT2D eigenvalue weighted by atomic mass is 35.5. The lowest BCUT2D eigenvalue weighted by molar-refractivity contribution is 0.378. The van der Waals surface area contributed by atoms with Gasteiger partial charge in [-0.3, -0.25) is 5.10 Å². The van der Waals surface area contributed by atoms with Crippen molar-refractivity contribution in [2.24, 2.45) is 5.73 Å². The van der Waals surface area contributed by atoms with Crippen molar-refractivity contribution in [3.8, 4) is 29.0 Å². The Morgan fingerprint density at radius 2 is 2.00 bits per heavy atom. The SMILES string of the molecule is N#CC1=C(N)Oc2n[nH]c(-c3ccc(Cl)c(Cl)c3)c2[C@H]1c1cccc(O)c1. The van der Waals surface area contributed by atoms with Gasteiger partial charge in [-0.1, -0.05) is 41.4 Å². The van der Waals surface area contributed by atoms with Crippen LogP contribution in [0.3, 0.4) is 0 Å². The number of hydrogen-bond donors (Lipinski definition) is 3. The molecule has 0 fully saturated rings. The van der Waals surface area contributed by atoms with Crippen LogP contribution in [0.25, 0.3) is 11.3 Å². The Bertz CT molecular complexity index is 1130. The van der Waals surface area contributed by atoms with Crippen molar-refractivity contribution >= 4 is 23.2 Å². The number of halogens is 2. The molecule has 0 aliphatic carbocycles. The van der Waals surface area contributed by atoms with E-state index in [1.54, 1.807) is 42.5 Å². The van der Waals surface area contributed by atoms with Crippen molar-refractivity contribution in [1.29, 1.82) is 5.26 Å². The molecule has 0 spiro atoms. The number of nitrogens with two attached hydrogens (primary N) is 1. The third kappa shape index (κ3) is 2.87. The van der Waals surface area contributed by atoms with Gasteiger partial charge in [-0.15, -0.1) is 5.10 Å². The molecule has 0 unspecified atom stereocenters. The fourth-order valence-corrected chi connectivity index (χ4v) is 3.45. The van der Waals surface area contributed by atoms with E-state index in [1.165, 1.54) is 0 Å². The van der Waals surface area contributed by atoms with Crippen molar-refractivity contribution in [2.75, 3.05) is 0 Å². The van der Waals surface area contributed by atoms with Crippen LogP contribution in [-0.2, 0) is 0 Å². The Labute approximate surface area is 164 Å². The van der Waals surface area contributed by atoms with E-state index in [0.717, 1.165) is 5.56 Å². The van der Waals surface area contributed by atoms with Gasteiger partial charge in [0.05, 0.1) is 27.2 Å². The van der Waals surface area contributed by atoms with Gasteiger partial charge in [0.1, 0.15) is 17.4 Å². The zero-order chi connectivity index (χ0) is 19.1. The molecular formula is C19H12Cl2N4O2. The van der Waals surface area contributed by atoms with Crippen molar-refractivity contribution in [3.05, 3.63) is 75.1 Å². The molecule has 1 aliphatic heterocycles. The summed E-state index contributed by atoms with van der Waals surface area (Å²) in [5.41, 5.74) is 8.83. The fourth-order valence-electron chi connectivity index (χ4n) is 3.15. The Kier molecular flexibility index (Phi) is 4.19. The molecule has 6 nitrogen and oxygen atoms in total. The van der Waals surface area contributed by atoms with Crippen LogP contribution in [0.5, 0.6) is 11.6 Å². The average molecular weight is 399 g/mol. The minimum absolute atomic E-state index is 0.0227. The summed E-state index contributed by atoms with van der Waals surface area (Å²) in [7, 11) is 0. The molecule has 1 atom stereocenters. The molecule has 2 aromatic carbocycles. The highest BCUT2D eigenvalue weighted by Crippen LogP contribution is 2.46. The van der Waals surface area contributed by atoms with Gasteiger partial charge in [-0.05, 0) is 29.8 Å². The largest absolute Gasteiger partial charge is 0.508 e. The number of benzene rings is 2. The second-order valence-corrected chi connectivity index (χ2v) is 6.78. The summed E-state index contributed by atoms with van der Waals surface area (Å²) in [6.45, 7) is 0. The zero-order valence-corrected chi connectivity index (χ0v) is 15.2. The molecule has 8 heteroatoms. The highest BCUT2D eigenvalue weighted by Gasteiger charge is 2.35. The number of aromatic hydroxyl groups is 1. The van der Waals surface area contributed by atoms with Gasteiger partial charge in [0, 0.05) is 5.56 Å². The van der Waals surface area contributed by atoms with Crippen LogP contribution in [-0.4, -0.2) is 15.3 Å². The fraction of sp³-hybridized carbons (Fsp3) is 0.0526. The lowest BCUT2D eigenvalue weighted by Gasteiger charge is -2.24. The molecule has 0 amide bonds. The first-order valence-electron chi connectivity index (χ1n) is 7.89. The number of phenolic OH excluding ortho intramolecular Hbond substituents is 1. The first-order chi connectivity index (χ1) is 13.0. The van der Waals surface area contributed by atoms with E-state index < -0.39 is 5.92 Å². The summed E-state index contributed by atoms with van der Waals surface area (Å²) >= 11 is 12.2. The number of rotatable bonds is 2. The van der Waals surface area contributed by atoms with E-state index in [4.69, 9.17) is 33.7 Å². The maximum absolute atomic E-state index is 9.90. The molecule has 4 rings (SSSR count). The Morgan fingerprint density at radius 3 is 2.70 bits per heavy atom. The number of aromatic amines is 1. The number of allylic oxidation sites excluding steroid dienone is 1. The van der Waals surface area contributed by atoms with Gasteiger partial charge in [0.2, 0.25) is 11.8 Å². The van der Waals surface area contributed by atoms with Crippen LogP contribution in [0.1, 0.15) is 17.0 Å². The molecule has 4 N–H and O–H groups in total. The Morgan fingerprint density at radius 1 is 1.19 bits per heavy atom. The highest BCUT2D eigenvalue weighted by molar-refractivity contribution is 6.42. The average Bonchev–Trinajstić information content (AvgIpc) is 3.06. The number of nitrogens with zero attached hydrogens (tertiary/aromatic N) is 2. The van der Waals surface area contributed by atoms with E-state index >= 15 is 0 Å². The summed E-state index contributed by atoms with van der Waals surface area (Å²) in [6, 6.07) is 13.9. The number of ether oxygens (including phenoxy) is 1. The summed E-state index contributed by atoms with van der Waals surface area (Å²) < 4.78 is 5.54. The molecular weight excluding hydrogens is 387 g/mol. The molecule has 1 aliphatic rings. The predicted octanol–water partition coefficient (Wildman–Crippen LogP) is 4.31. The first-order valence-corrected chi connectivity index (χ1v) is 8.65. The minimum Gasteiger partial charge on any atom is -0.508 e. The summed E-state index contributed by atoms with van der Waals surface area (Å²) in [5, 5.41) is 27.5. The number of H-pyrrole nitrogens is 1. The van der Waals surface area contributed by atoms with Crippen molar-refractivity contribution in [2.45, 2.75) is 5.92 Å². The van der Waals surface area contributed by atoms with Crippen molar-refractivity contribution < 1.29 is 9.84 Å². The molecule has 0 bridgehead atoms. The molecule has 2 heterocycles. The van der Waals surface area contributed by atoms with Gasteiger partial charge in [-0.2, -0.15) is 5.26 Å². The predicted molar refractivity (Wildman–Crippen MR) is 101 cm³/mol. The second kappa shape index (κ2) is 6.54. The lowest BCUT2D eigenvalue weighted by Crippen LogP contribution is -2.20. The maximum atomic E-state index is 9.90. The Hall–Kier alpha value is -3.14. The normalized spacial score (nSPS) is 15.8. The first kappa shape index (κ1) is 17.3. The minimum atomic E-state index is -0.561. The molecule has 0 radical (unpaired) electrons. The van der Waals surface area contributed by atoms with Gasteiger partial charge in [0.25, 0.3) is 0 Å². The van der Waals surface area contributed by atoms with E-state index in [2.05, 4.69) is 16.3 Å². The quantitative estimate of drug-likeness (QED) is 0.595. The van der Waals surface area contributed by atoms with Crippen LogP contribution in [0.15, 0.2) is 53.9 Å². The van der Waals surface area contributed by atoms with Crippen LogP contribution >= 0.6 is 23.2 Å². The van der Waals surface area contributed by atoms with Crippen LogP contribution < -0.4 is 10.5 Å². The monoisotopic (exact) mass is 398 g/mol. The number of fused-ring (bicyclic) bond motifs is 1. The molecule has 0 saturated carbocycles. The topological polar surface area (TPSA) is 108 Å². The van der Waals surface area contributed by atoms with Crippen molar-refractivity contribution in [1.82, 2.24) is 10.2 Å². The molecule has 3 aromatic rings. The summed E-state index contributed by atoms with van der Waals surface area (Å²) in [4.78, 5) is 0. The summed E-state index contributed by atoms with van der Waals surface area (Å²) in [5.74, 6) is -0.239. The molecule has 0 saturated heterocycles. The number of nitrogens with one attached hydrogen (secondary N) is 1.